The lowest BCUT2D eigenvalue weighted by atomic mass is 9.77. The summed E-state index contributed by atoms with van der Waals surface area (Å²) in [7, 11) is 0. The van der Waals surface area contributed by atoms with Gasteiger partial charge >= 0.3 is 0 Å². The molecule has 1 N–H and O–H groups in total. The number of nitrogens with zero attached hydrogens (tertiary/aromatic N) is 4. The van der Waals surface area contributed by atoms with Crippen LogP contribution in [0.5, 0.6) is 0 Å². The van der Waals surface area contributed by atoms with E-state index in [4.69, 9.17) is 4.98 Å². The summed E-state index contributed by atoms with van der Waals surface area (Å²) < 4.78 is 1.94. The second-order valence-electron chi connectivity index (χ2n) is 7.80. The zero-order valence-corrected chi connectivity index (χ0v) is 14.8. The Balaban J connectivity index is 1.29. The molecular formula is C21H24N4O. The molecule has 0 unspecified atom stereocenters. The van der Waals surface area contributed by atoms with Crippen molar-refractivity contribution < 1.29 is 5.11 Å². The van der Waals surface area contributed by atoms with Crippen molar-refractivity contribution in [3.05, 3.63) is 60.6 Å². The molecule has 0 bridgehead atoms. The van der Waals surface area contributed by atoms with E-state index < -0.39 is 0 Å². The Labute approximate surface area is 153 Å². The first kappa shape index (κ1) is 16.0. The summed E-state index contributed by atoms with van der Waals surface area (Å²) in [5.74, 6) is 1.21. The molecule has 1 saturated heterocycles. The fraction of sp³-hybridized carbons (Fsp3) is 0.429. The zero-order valence-electron chi connectivity index (χ0n) is 14.8. The Morgan fingerprint density at radius 2 is 1.85 bits per heavy atom. The number of aliphatic hydroxyl groups excluding tert-OH is 1. The molecule has 1 saturated carbocycles. The monoisotopic (exact) mass is 348 g/mol. The van der Waals surface area contributed by atoms with Crippen molar-refractivity contribution in [1.82, 2.24) is 19.7 Å². The van der Waals surface area contributed by atoms with Gasteiger partial charge in [-0.1, -0.05) is 24.3 Å². The van der Waals surface area contributed by atoms with Gasteiger partial charge in [-0.3, -0.25) is 14.6 Å². The first-order valence-corrected chi connectivity index (χ1v) is 9.50. The Morgan fingerprint density at radius 3 is 2.69 bits per heavy atom. The summed E-state index contributed by atoms with van der Waals surface area (Å²) >= 11 is 0. The normalized spacial score (nSPS) is 29.1. The summed E-state index contributed by atoms with van der Waals surface area (Å²) in [6.07, 6.45) is 5.35. The number of fused-ring (bicyclic) bond motifs is 2. The highest BCUT2D eigenvalue weighted by molar-refractivity contribution is 5.78. The Hall–Kier alpha value is -2.24. The number of likely N-dealkylation sites (tertiary alicyclic amines) is 1. The molecule has 0 spiro atoms. The molecule has 5 nitrogen and oxygen atoms in total. The van der Waals surface area contributed by atoms with Crippen LogP contribution in [0.3, 0.4) is 0 Å². The molecule has 1 aliphatic heterocycles. The smallest absolute Gasteiger partial charge is 0.0781 e. The molecule has 3 heterocycles. The van der Waals surface area contributed by atoms with Gasteiger partial charge in [0.15, 0.2) is 0 Å². The van der Waals surface area contributed by atoms with Gasteiger partial charge in [0.2, 0.25) is 0 Å². The first-order valence-electron chi connectivity index (χ1n) is 9.50. The van der Waals surface area contributed by atoms with Crippen LogP contribution < -0.4 is 0 Å². The van der Waals surface area contributed by atoms with E-state index >= 15 is 0 Å². The minimum Gasteiger partial charge on any atom is -0.391 e. The highest BCUT2D eigenvalue weighted by atomic mass is 16.3. The molecule has 0 radical (unpaired) electrons. The van der Waals surface area contributed by atoms with Gasteiger partial charge in [0.1, 0.15) is 0 Å². The van der Waals surface area contributed by atoms with Crippen LogP contribution in [0.1, 0.15) is 24.6 Å². The quantitative estimate of drug-likeness (QED) is 0.791. The second kappa shape index (κ2) is 6.49. The van der Waals surface area contributed by atoms with Crippen LogP contribution in [0.25, 0.3) is 10.9 Å². The summed E-state index contributed by atoms with van der Waals surface area (Å²) in [4.78, 5) is 7.33. The van der Waals surface area contributed by atoms with E-state index in [-0.39, 0.29) is 12.1 Å². The van der Waals surface area contributed by atoms with Crippen molar-refractivity contribution >= 4 is 10.9 Å². The van der Waals surface area contributed by atoms with Gasteiger partial charge in [-0.2, -0.15) is 5.10 Å². The minimum atomic E-state index is -0.296. The SMILES string of the molecule is O[C@@H]1C[C@H]2CN(Cc3ccc4ccccc4n3)C[C@H]2C[C@H]1n1cccn1. The molecule has 2 aromatic heterocycles. The molecule has 0 amide bonds. The average Bonchev–Trinajstić information content (AvgIpc) is 3.30. The number of aliphatic hydroxyl groups is 1. The van der Waals surface area contributed by atoms with Crippen molar-refractivity contribution in [1.29, 1.82) is 0 Å². The van der Waals surface area contributed by atoms with Crippen molar-refractivity contribution in [2.75, 3.05) is 13.1 Å². The fourth-order valence-corrected chi connectivity index (χ4v) is 4.82. The fourth-order valence-electron chi connectivity index (χ4n) is 4.82. The van der Waals surface area contributed by atoms with Gasteiger partial charge in [0.05, 0.1) is 23.4 Å². The van der Waals surface area contributed by atoms with E-state index in [1.165, 1.54) is 5.39 Å². The molecule has 26 heavy (non-hydrogen) atoms. The van der Waals surface area contributed by atoms with Gasteiger partial charge in [0, 0.05) is 37.4 Å². The molecule has 2 fully saturated rings. The lowest BCUT2D eigenvalue weighted by molar-refractivity contribution is 0.0306. The lowest BCUT2D eigenvalue weighted by Crippen LogP contribution is -2.36. The number of hydrogen-bond donors (Lipinski definition) is 1. The molecule has 3 aromatic rings. The van der Waals surface area contributed by atoms with E-state index in [2.05, 4.69) is 40.3 Å². The Bertz CT molecular complexity index is 894. The summed E-state index contributed by atoms with van der Waals surface area (Å²) in [6.45, 7) is 3.03. The maximum Gasteiger partial charge on any atom is 0.0781 e. The third-order valence-electron chi connectivity index (χ3n) is 6.09. The van der Waals surface area contributed by atoms with E-state index in [1.54, 1.807) is 6.20 Å². The molecule has 2 aliphatic rings. The number of pyridine rings is 1. The minimum absolute atomic E-state index is 0.116. The largest absolute Gasteiger partial charge is 0.391 e. The maximum atomic E-state index is 10.6. The summed E-state index contributed by atoms with van der Waals surface area (Å²) in [6, 6.07) is 14.6. The van der Waals surface area contributed by atoms with Crippen molar-refractivity contribution in [3.8, 4) is 0 Å². The van der Waals surface area contributed by atoms with Gasteiger partial charge in [0.25, 0.3) is 0 Å². The standard InChI is InChI=1S/C21H24N4O/c26-21-11-17-13-24(12-16(17)10-20(21)25-9-3-8-22-25)14-18-7-6-15-4-1-2-5-19(15)23-18/h1-9,16-17,20-21,26H,10-14H2/t16-,17+,20-,21-/m1/s1. The third kappa shape index (κ3) is 2.91. The van der Waals surface area contributed by atoms with Crippen LogP contribution >= 0.6 is 0 Å². The number of hydrogen-bond acceptors (Lipinski definition) is 4. The number of para-hydroxylation sites is 1. The van der Waals surface area contributed by atoms with Crippen LogP contribution in [0.2, 0.25) is 0 Å². The average molecular weight is 348 g/mol. The highest BCUT2D eigenvalue weighted by Crippen LogP contribution is 2.41. The van der Waals surface area contributed by atoms with Crippen LogP contribution in [0, 0.1) is 11.8 Å². The molecular weight excluding hydrogens is 324 g/mol. The molecule has 1 aliphatic carbocycles. The van der Waals surface area contributed by atoms with Crippen LogP contribution in [0.15, 0.2) is 54.9 Å². The Morgan fingerprint density at radius 1 is 1.00 bits per heavy atom. The van der Waals surface area contributed by atoms with Crippen molar-refractivity contribution in [2.24, 2.45) is 11.8 Å². The third-order valence-corrected chi connectivity index (χ3v) is 6.09. The van der Waals surface area contributed by atoms with Gasteiger partial charge in [-0.25, -0.2) is 0 Å². The molecule has 5 heteroatoms. The van der Waals surface area contributed by atoms with E-state index in [0.29, 0.717) is 11.8 Å². The van der Waals surface area contributed by atoms with Gasteiger partial charge in [-0.05, 0) is 42.9 Å². The Kier molecular flexibility index (Phi) is 3.98. The van der Waals surface area contributed by atoms with E-state index in [0.717, 1.165) is 43.7 Å². The summed E-state index contributed by atoms with van der Waals surface area (Å²) in [5, 5.41) is 16.1. The molecule has 134 valence electrons. The summed E-state index contributed by atoms with van der Waals surface area (Å²) in [5.41, 5.74) is 2.20. The zero-order chi connectivity index (χ0) is 17.5. The number of rotatable bonds is 3. The van der Waals surface area contributed by atoms with Crippen LogP contribution in [-0.4, -0.2) is 44.0 Å². The predicted molar refractivity (Wildman–Crippen MR) is 101 cm³/mol. The molecule has 5 rings (SSSR count). The lowest BCUT2D eigenvalue weighted by Gasteiger charge is -2.35. The van der Waals surface area contributed by atoms with Crippen LogP contribution in [-0.2, 0) is 6.54 Å². The van der Waals surface area contributed by atoms with E-state index in [1.807, 2.05) is 23.0 Å². The number of aromatic nitrogens is 3. The van der Waals surface area contributed by atoms with E-state index in [9.17, 15) is 5.11 Å². The maximum absolute atomic E-state index is 10.6. The number of benzene rings is 1. The van der Waals surface area contributed by atoms with Crippen molar-refractivity contribution in [3.63, 3.8) is 0 Å². The predicted octanol–water partition coefficient (Wildman–Crippen LogP) is 2.88. The topological polar surface area (TPSA) is 54.2 Å². The first-order chi connectivity index (χ1) is 12.8. The molecule has 1 aromatic carbocycles. The van der Waals surface area contributed by atoms with Crippen molar-refractivity contribution in [2.45, 2.75) is 31.5 Å². The van der Waals surface area contributed by atoms with Crippen LogP contribution in [0.4, 0.5) is 0 Å². The second-order valence-corrected chi connectivity index (χ2v) is 7.80. The van der Waals surface area contributed by atoms with Gasteiger partial charge < -0.3 is 5.11 Å². The molecule has 4 atom stereocenters. The highest BCUT2D eigenvalue weighted by Gasteiger charge is 2.42. The van der Waals surface area contributed by atoms with Gasteiger partial charge in [-0.15, -0.1) is 0 Å².